The van der Waals surface area contributed by atoms with Crippen molar-refractivity contribution in [3.8, 4) is 23.1 Å². The van der Waals surface area contributed by atoms with Crippen LogP contribution in [0.15, 0.2) is 48.7 Å². The number of fused-ring (bicyclic) bond motifs is 1. The molecule has 2 aromatic carbocycles. The first-order chi connectivity index (χ1) is 26.5. The summed E-state index contributed by atoms with van der Waals surface area (Å²) in [6, 6.07) is 11.5. The number of imidazole rings is 2. The summed E-state index contributed by atoms with van der Waals surface area (Å²) in [4.78, 5) is 70.8. The van der Waals surface area contributed by atoms with E-state index in [4.69, 9.17) is 19.2 Å². The summed E-state index contributed by atoms with van der Waals surface area (Å²) in [5, 5.41) is 5.30. The minimum Gasteiger partial charge on any atom is -0.453 e. The largest absolute Gasteiger partial charge is 0.453 e. The van der Waals surface area contributed by atoms with Crippen molar-refractivity contribution >= 4 is 35.0 Å². The van der Waals surface area contributed by atoms with Gasteiger partial charge in [-0.25, -0.2) is 19.6 Å². The molecule has 2 fully saturated rings. The lowest BCUT2D eigenvalue weighted by molar-refractivity contribution is -0.137. The van der Waals surface area contributed by atoms with Gasteiger partial charge in [0.2, 0.25) is 11.8 Å². The second-order valence-corrected chi connectivity index (χ2v) is 14.2. The average Bonchev–Trinajstić information content (AvgIpc) is 4.03. The Morgan fingerprint density at radius 2 is 1.36 bits per heavy atom. The lowest BCUT2D eigenvalue weighted by Crippen LogP contribution is -2.54. The van der Waals surface area contributed by atoms with Crippen LogP contribution in [-0.2, 0) is 23.8 Å². The van der Waals surface area contributed by atoms with Crippen LogP contribution in [0.1, 0.15) is 81.3 Å². The van der Waals surface area contributed by atoms with Crippen LogP contribution in [0.25, 0.3) is 22.3 Å². The zero-order chi connectivity index (χ0) is 39.2. The molecule has 4 N–H and O–H groups in total. The van der Waals surface area contributed by atoms with Gasteiger partial charge in [0.05, 0.1) is 55.3 Å². The maximum absolute atomic E-state index is 13.6. The smallest absolute Gasteiger partial charge is 0.407 e. The van der Waals surface area contributed by atoms with Gasteiger partial charge in [-0.15, -0.1) is 0 Å². The van der Waals surface area contributed by atoms with Gasteiger partial charge in [-0.2, -0.15) is 0 Å². The topological polar surface area (TPSA) is 184 Å². The van der Waals surface area contributed by atoms with Crippen molar-refractivity contribution in [3.05, 3.63) is 71.4 Å². The van der Waals surface area contributed by atoms with Gasteiger partial charge in [-0.05, 0) is 74.4 Å². The zero-order valence-electron chi connectivity index (χ0n) is 32.0. The van der Waals surface area contributed by atoms with Crippen molar-refractivity contribution in [2.24, 2.45) is 5.92 Å². The van der Waals surface area contributed by atoms with Gasteiger partial charge >= 0.3 is 12.2 Å². The molecule has 0 aliphatic carbocycles. The van der Waals surface area contributed by atoms with E-state index in [-0.39, 0.29) is 29.8 Å². The van der Waals surface area contributed by atoms with Crippen molar-refractivity contribution in [3.63, 3.8) is 0 Å². The van der Waals surface area contributed by atoms with E-state index >= 15 is 0 Å². The summed E-state index contributed by atoms with van der Waals surface area (Å²) in [5.74, 6) is 7.34. The van der Waals surface area contributed by atoms with E-state index in [1.807, 2.05) is 56.3 Å². The van der Waals surface area contributed by atoms with Gasteiger partial charge in [0, 0.05) is 31.3 Å². The second-order valence-electron chi connectivity index (χ2n) is 14.2. The molecule has 6 rings (SSSR count). The highest BCUT2D eigenvalue weighted by atomic mass is 16.5. The number of alkyl carbamates (subject to hydrolysis) is 2. The number of carbonyl (C=O) groups excluding carboxylic acids is 4. The Morgan fingerprint density at radius 1 is 0.782 bits per heavy atom. The number of likely N-dealkylation sites (tertiary alicyclic amines) is 2. The number of nitrogens with zero attached hydrogens (tertiary/aromatic N) is 4. The van der Waals surface area contributed by atoms with Crippen molar-refractivity contribution in [1.82, 2.24) is 40.4 Å². The van der Waals surface area contributed by atoms with Crippen LogP contribution in [0.5, 0.6) is 0 Å². The molecule has 2 aliphatic heterocycles. The number of nitrogens with one attached hydrogen (secondary N) is 4. The lowest BCUT2D eigenvalue weighted by atomic mass is 10.0. The quantitative estimate of drug-likeness (QED) is 0.165. The molecule has 290 valence electrons. The zero-order valence-corrected chi connectivity index (χ0v) is 32.0. The van der Waals surface area contributed by atoms with Crippen LogP contribution >= 0.6 is 0 Å². The fourth-order valence-corrected chi connectivity index (χ4v) is 7.18. The number of rotatable bonds is 10. The van der Waals surface area contributed by atoms with Gasteiger partial charge in [-0.1, -0.05) is 37.8 Å². The van der Waals surface area contributed by atoms with Gasteiger partial charge in [-0.3, -0.25) is 9.59 Å². The number of hydrogen-bond acceptors (Lipinski definition) is 9. The molecular formula is C40H48N8O7. The van der Waals surface area contributed by atoms with Crippen LogP contribution in [0, 0.1) is 17.8 Å². The van der Waals surface area contributed by atoms with Crippen molar-refractivity contribution in [1.29, 1.82) is 0 Å². The molecule has 0 unspecified atom stereocenters. The third-order valence-corrected chi connectivity index (χ3v) is 10.3. The molecule has 15 heteroatoms. The van der Waals surface area contributed by atoms with Crippen molar-refractivity contribution < 1.29 is 33.4 Å². The number of aromatic nitrogens is 4. The fraction of sp³-hybridized carbons (Fsp3) is 0.450. The van der Waals surface area contributed by atoms with E-state index in [1.165, 1.54) is 21.3 Å². The molecule has 2 aliphatic rings. The van der Waals surface area contributed by atoms with Crippen LogP contribution < -0.4 is 10.6 Å². The Labute approximate surface area is 319 Å². The standard InChI is InChI=1S/C40H48N8O7/c1-23(2)33(45-39(51)54-5)37(49)48-20-8-10-32(48)36-42-28-18-15-26(21-29(28)43-36)12-11-25-13-16-27(17-14-25)30-22-41-35(44-30)31-9-7-19-47(31)38(50)34(24(3)53-4)46-40(52)55-6/h13-18,21-24,31-34H,7-10,19-20H2,1-6H3,(H,41,44)(H,42,43)(H,45,51)(H,46,52)/t24-,31+,32+,33+,34+/m1/s1. The summed E-state index contributed by atoms with van der Waals surface area (Å²) in [7, 11) is 4.03. The Morgan fingerprint density at radius 3 is 1.98 bits per heavy atom. The summed E-state index contributed by atoms with van der Waals surface area (Å²) < 4.78 is 14.9. The number of carbonyl (C=O) groups is 4. The molecule has 2 aromatic heterocycles. The predicted octanol–water partition coefficient (Wildman–Crippen LogP) is 4.82. The Balaban J connectivity index is 1.12. The highest BCUT2D eigenvalue weighted by molar-refractivity contribution is 5.87. The van der Waals surface area contributed by atoms with Gasteiger partial charge in [0.15, 0.2) is 0 Å². The summed E-state index contributed by atoms with van der Waals surface area (Å²) >= 11 is 0. The van der Waals surface area contributed by atoms with Crippen LogP contribution in [-0.4, -0.2) is 106 Å². The Kier molecular flexibility index (Phi) is 12.1. The molecule has 0 bridgehead atoms. The molecule has 55 heavy (non-hydrogen) atoms. The molecule has 0 saturated carbocycles. The van der Waals surface area contributed by atoms with Crippen LogP contribution in [0.3, 0.4) is 0 Å². The average molecular weight is 753 g/mol. The van der Waals surface area contributed by atoms with Gasteiger partial charge in [0.25, 0.3) is 0 Å². The number of methoxy groups -OCH3 is 3. The first kappa shape index (κ1) is 38.8. The SMILES string of the molecule is COC(=O)N[C@H](C(=O)N1CCC[C@H]1c1nc2ccc(C#Cc3ccc(-c4cnc([C@@H]5CCCN5C(=O)[C@@H](NC(=O)OC)[C@@H](C)OC)[nH]4)cc3)cc2[nH]1)C(C)C. The molecule has 5 atom stereocenters. The first-order valence-electron chi connectivity index (χ1n) is 18.5. The summed E-state index contributed by atoms with van der Waals surface area (Å²) in [6.45, 7) is 6.63. The normalized spacial score (nSPS) is 18.4. The second kappa shape index (κ2) is 17.1. The van der Waals surface area contributed by atoms with Crippen molar-refractivity contribution in [2.45, 2.75) is 76.7 Å². The molecule has 4 amide bonds. The number of hydrogen-bond donors (Lipinski definition) is 4. The van der Waals surface area contributed by atoms with Gasteiger partial charge in [0.1, 0.15) is 23.7 Å². The van der Waals surface area contributed by atoms with E-state index in [0.29, 0.717) is 24.7 Å². The van der Waals surface area contributed by atoms with Crippen molar-refractivity contribution in [2.75, 3.05) is 34.4 Å². The van der Waals surface area contributed by atoms with E-state index < -0.39 is 30.4 Å². The number of ether oxygens (including phenoxy) is 3. The summed E-state index contributed by atoms with van der Waals surface area (Å²) in [6.07, 6.45) is 3.00. The molecule has 0 spiro atoms. The third-order valence-electron chi connectivity index (χ3n) is 10.3. The number of amides is 4. The molecular weight excluding hydrogens is 704 g/mol. The van der Waals surface area contributed by atoms with Crippen LogP contribution in [0.4, 0.5) is 9.59 Å². The molecule has 0 radical (unpaired) electrons. The molecule has 4 aromatic rings. The van der Waals surface area contributed by atoms with E-state index in [0.717, 1.165) is 59.1 Å². The maximum Gasteiger partial charge on any atom is 0.407 e. The third kappa shape index (κ3) is 8.60. The predicted molar refractivity (Wildman–Crippen MR) is 203 cm³/mol. The van der Waals surface area contributed by atoms with Gasteiger partial charge < -0.3 is 44.6 Å². The minimum atomic E-state index is -0.901. The summed E-state index contributed by atoms with van der Waals surface area (Å²) in [5.41, 5.74) is 4.98. The monoisotopic (exact) mass is 752 g/mol. The minimum absolute atomic E-state index is 0.116. The number of H-pyrrole nitrogens is 2. The van der Waals surface area contributed by atoms with E-state index in [2.05, 4.69) is 37.4 Å². The highest BCUT2D eigenvalue weighted by Gasteiger charge is 2.39. The fourth-order valence-electron chi connectivity index (χ4n) is 7.18. The highest BCUT2D eigenvalue weighted by Crippen LogP contribution is 2.34. The molecule has 15 nitrogen and oxygen atoms in total. The first-order valence-corrected chi connectivity index (χ1v) is 18.5. The van der Waals surface area contributed by atoms with E-state index in [1.54, 1.807) is 22.9 Å². The maximum atomic E-state index is 13.6. The van der Waals surface area contributed by atoms with E-state index in [9.17, 15) is 19.2 Å². The Bertz CT molecular complexity index is 2080. The number of benzene rings is 2. The lowest BCUT2D eigenvalue weighted by Gasteiger charge is -2.30. The number of aromatic amines is 2. The van der Waals surface area contributed by atoms with Crippen LogP contribution in [0.2, 0.25) is 0 Å². The Hall–Kier alpha value is -5.88. The molecule has 4 heterocycles. The molecule has 2 saturated heterocycles.